The molecule has 0 aromatic heterocycles. The van der Waals surface area contributed by atoms with Crippen LogP contribution >= 0.6 is 0 Å². The number of para-hydroxylation sites is 1. The fraction of sp³-hybridized carbons (Fsp3) is 0.333. The van der Waals surface area contributed by atoms with Crippen LogP contribution in [0.3, 0.4) is 0 Å². The highest BCUT2D eigenvalue weighted by atomic mass is 32.2. The van der Waals surface area contributed by atoms with Crippen molar-refractivity contribution in [3.05, 3.63) is 48.5 Å². The predicted molar refractivity (Wildman–Crippen MR) is 114 cm³/mol. The summed E-state index contributed by atoms with van der Waals surface area (Å²) in [5.41, 5.74) is 0.743. The van der Waals surface area contributed by atoms with Gasteiger partial charge >= 0.3 is 5.97 Å². The maximum Gasteiger partial charge on any atom is 0.306 e. The summed E-state index contributed by atoms with van der Waals surface area (Å²) in [4.78, 5) is 23.7. The second-order valence-corrected chi connectivity index (χ2v) is 8.08. The van der Waals surface area contributed by atoms with Gasteiger partial charge < -0.3 is 14.8 Å². The molecule has 1 amide bonds. The molecule has 0 saturated carbocycles. The van der Waals surface area contributed by atoms with Crippen molar-refractivity contribution in [3.63, 3.8) is 0 Å². The number of sulfonamides is 1. The number of hydrogen-bond acceptors (Lipinski definition) is 6. The minimum Gasteiger partial charge on any atom is -0.495 e. The molecule has 0 aliphatic carbocycles. The molecule has 0 spiro atoms. The van der Waals surface area contributed by atoms with E-state index in [1.807, 2.05) is 0 Å². The number of rotatable bonds is 10. The number of nitrogens with zero attached hydrogens (tertiary/aromatic N) is 1. The topological polar surface area (TPSA) is 102 Å². The summed E-state index contributed by atoms with van der Waals surface area (Å²) >= 11 is 0. The molecular formula is C21H26N2O6S. The van der Waals surface area contributed by atoms with Crippen molar-refractivity contribution in [2.75, 3.05) is 29.9 Å². The Morgan fingerprint density at radius 3 is 2.33 bits per heavy atom. The quantitative estimate of drug-likeness (QED) is 0.576. The van der Waals surface area contributed by atoms with Crippen LogP contribution in [0.5, 0.6) is 5.75 Å². The van der Waals surface area contributed by atoms with E-state index < -0.39 is 21.9 Å². The average molecular weight is 435 g/mol. The van der Waals surface area contributed by atoms with E-state index in [1.54, 1.807) is 44.2 Å². The van der Waals surface area contributed by atoms with E-state index in [9.17, 15) is 18.0 Å². The third-order valence-electron chi connectivity index (χ3n) is 4.23. The number of methoxy groups -OCH3 is 1. The molecule has 0 heterocycles. The van der Waals surface area contributed by atoms with E-state index in [1.165, 1.54) is 29.6 Å². The fourth-order valence-corrected chi connectivity index (χ4v) is 4.32. The molecule has 0 saturated heterocycles. The van der Waals surface area contributed by atoms with Crippen molar-refractivity contribution < 1.29 is 27.5 Å². The second kappa shape index (κ2) is 10.6. The number of nitrogens with one attached hydrogen (secondary N) is 1. The first-order valence-electron chi connectivity index (χ1n) is 9.54. The van der Waals surface area contributed by atoms with Gasteiger partial charge in [-0.2, -0.15) is 0 Å². The van der Waals surface area contributed by atoms with Gasteiger partial charge in [-0.25, -0.2) is 8.42 Å². The zero-order chi connectivity index (χ0) is 22.1. The maximum atomic E-state index is 13.2. The largest absolute Gasteiger partial charge is 0.495 e. The van der Waals surface area contributed by atoms with Gasteiger partial charge in [0.15, 0.2) is 0 Å². The molecule has 2 aromatic carbocycles. The lowest BCUT2D eigenvalue weighted by Crippen LogP contribution is -2.30. The van der Waals surface area contributed by atoms with Crippen molar-refractivity contribution >= 4 is 33.3 Å². The molecule has 162 valence electrons. The van der Waals surface area contributed by atoms with Crippen LogP contribution in [0.2, 0.25) is 0 Å². The molecule has 0 radical (unpaired) electrons. The molecule has 0 unspecified atom stereocenters. The highest BCUT2D eigenvalue weighted by molar-refractivity contribution is 7.92. The zero-order valence-electron chi connectivity index (χ0n) is 17.3. The Labute approximate surface area is 176 Å². The Morgan fingerprint density at radius 2 is 1.73 bits per heavy atom. The SMILES string of the molecule is CCOC(=O)CCC(=O)Nc1cc(S(=O)(=O)N(CC)c2ccccc2)ccc1OC. The van der Waals surface area contributed by atoms with E-state index >= 15 is 0 Å². The summed E-state index contributed by atoms with van der Waals surface area (Å²) in [6.07, 6.45) is -0.165. The van der Waals surface area contributed by atoms with Crippen LogP contribution in [0.15, 0.2) is 53.4 Å². The molecule has 0 fully saturated rings. The van der Waals surface area contributed by atoms with Crippen molar-refractivity contribution in [1.29, 1.82) is 0 Å². The summed E-state index contributed by atoms with van der Waals surface area (Å²) < 4.78 is 37.7. The number of amides is 1. The average Bonchev–Trinajstić information content (AvgIpc) is 2.73. The van der Waals surface area contributed by atoms with Crippen molar-refractivity contribution in [2.45, 2.75) is 31.6 Å². The molecule has 8 nitrogen and oxygen atoms in total. The van der Waals surface area contributed by atoms with Crippen LogP contribution in [0.1, 0.15) is 26.7 Å². The number of hydrogen-bond donors (Lipinski definition) is 1. The number of carbonyl (C=O) groups excluding carboxylic acids is 2. The lowest BCUT2D eigenvalue weighted by Gasteiger charge is -2.23. The first kappa shape index (κ1) is 23.2. The van der Waals surface area contributed by atoms with E-state index in [0.29, 0.717) is 11.4 Å². The smallest absolute Gasteiger partial charge is 0.306 e. The van der Waals surface area contributed by atoms with E-state index in [-0.39, 0.29) is 36.6 Å². The Morgan fingerprint density at radius 1 is 1.03 bits per heavy atom. The summed E-state index contributed by atoms with van der Waals surface area (Å²) in [6, 6.07) is 13.0. The maximum absolute atomic E-state index is 13.2. The van der Waals surface area contributed by atoms with Crippen molar-refractivity contribution in [3.8, 4) is 5.75 Å². The van der Waals surface area contributed by atoms with Crippen LogP contribution in [-0.2, 0) is 24.3 Å². The van der Waals surface area contributed by atoms with Crippen LogP contribution < -0.4 is 14.4 Å². The Balaban J connectivity index is 2.28. The summed E-state index contributed by atoms with van der Waals surface area (Å²) in [5, 5.41) is 2.61. The molecule has 30 heavy (non-hydrogen) atoms. The van der Waals surface area contributed by atoms with Crippen LogP contribution in [0.4, 0.5) is 11.4 Å². The van der Waals surface area contributed by atoms with E-state index in [0.717, 1.165) is 0 Å². The first-order valence-corrected chi connectivity index (χ1v) is 11.0. The molecule has 0 aliphatic heterocycles. The number of carbonyl (C=O) groups is 2. The highest BCUT2D eigenvalue weighted by Crippen LogP contribution is 2.30. The molecule has 2 rings (SSSR count). The Bertz CT molecular complexity index is 976. The first-order chi connectivity index (χ1) is 14.3. The second-order valence-electron chi connectivity index (χ2n) is 6.22. The van der Waals surface area contributed by atoms with Crippen molar-refractivity contribution in [2.24, 2.45) is 0 Å². The van der Waals surface area contributed by atoms with Gasteiger partial charge in [-0.3, -0.25) is 13.9 Å². The van der Waals surface area contributed by atoms with Gasteiger partial charge in [0.1, 0.15) is 5.75 Å². The molecule has 2 aromatic rings. The summed E-state index contributed by atoms with van der Waals surface area (Å²) in [7, 11) is -2.45. The molecule has 0 aliphatic rings. The van der Waals surface area contributed by atoms with E-state index in [2.05, 4.69) is 5.32 Å². The highest BCUT2D eigenvalue weighted by Gasteiger charge is 2.25. The normalized spacial score (nSPS) is 10.9. The van der Waals surface area contributed by atoms with Gasteiger partial charge in [0.05, 0.1) is 36.4 Å². The Hall–Kier alpha value is -3.07. The number of ether oxygens (including phenoxy) is 2. The monoisotopic (exact) mass is 434 g/mol. The number of esters is 1. The van der Waals surface area contributed by atoms with Gasteiger partial charge in [-0.1, -0.05) is 18.2 Å². The lowest BCUT2D eigenvalue weighted by molar-refractivity contribution is -0.144. The Kier molecular flexibility index (Phi) is 8.23. The van der Waals surface area contributed by atoms with Crippen molar-refractivity contribution in [1.82, 2.24) is 0 Å². The molecule has 9 heteroatoms. The van der Waals surface area contributed by atoms with Crippen LogP contribution in [0, 0.1) is 0 Å². The summed E-state index contributed by atoms with van der Waals surface area (Å²) in [5.74, 6) is -0.620. The van der Waals surface area contributed by atoms with Crippen LogP contribution in [-0.4, -0.2) is 40.6 Å². The number of benzene rings is 2. The zero-order valence-corrected chi connectivity index (χ0v) is 18.1. The molecule has 0 atom stereocenters. The minimum absolute atomic E-state index is 0.00898. The molecule has 1 N–H and O–H groups in total. The molecular weight excluding hydrogens is 408 g/mol. The van der Waals surface area contributed by atoms with Gasteiger partial charge in [0, 0.05) is 13.0 Å². The standard InChI is InChI=1S/C21H26N2O6S/c1-4-23(16-9-7-6-8-10-16)30(26,27)17-11-12-19(28-3)18(15-17)22-20(24)13-14-21(25)29-5-2/h6-12,15H,4-5,13-14H2,1-3H3,(H,22,24). The minimum atomic E-state index is -3.87. The predicted octanol–water partition coefficient (Wildman–Crippen LogP) is 3.19. The number of anilines is 2. The van der Waals surface area contributed by atoms with Gasteiger partial charge in [0.2, 0.25) is 5.91 Å². The van der Waals surface area contributed by atoms with E-state index in [4.69, 9.17) is 9.47 Å². The van der Waals surface area contributed by atoms with Crippen LogP contribution in [0.25, 0.3) is 0 Å². The van der Waals surface area contributed by atoms with Gasteiger partial charge in [-0.05, 0) is 44.2 Å². The third-order valence-corrected chi connectivity index (χ3v) is 6.12. The molecule has 0 bridgehead atoms. The fourth-order valence-electron chi connectivity index (χ4n) is 2.82. The van der Waals surface area contributed by atoms with Gasteiger partial charge in [0.25, 0.3) is 10.0 Å². The van der Waals surface area contributed by atoms with Gasteiger partial charge in [-0.15, -0.1) is 0 Å². The third kappa shape index (κ3) is 5.73. The summed E-state index contributed by atoms with van der Waals surface area (Å²) in [6.45, 7) is 3.90. The lowest BCUT2D eigenvalue weighted by atomic mass is 10.2.